The molecule has 1 fully saturated rings. The predicted molar refractivity (Wildman–Crippen MR) is 79.2 cm³/mol. The smallest absolute Gasteiger partial charge is 0.0406 e. The van der Waals surface area contributed by atoms with E-state index >= 15 is 0 Å². The van der Waals surface area contributed by atoms with Crippen LogP contribution in [-0.2, 0) is 6.42 Å². The van der Waals surface area contributed by atoms with Crippen LogP contribution in [0.1, 0.15) is 45.1 Å². The number of hydrogen-bond donors (Lipinski definition) is 1. The van der Waals surface area contributed by atoms with Crippen LogP contribution in [0.3, 0.4) is 0 Å². The molecular formula is C16H24ClN. The maximum absolute atomic E-state index is 5.95. The molecule has 0 amide bonds. The summed E-state index contributed by atoms with van der Waals surface area (Å²) in [5, 5.41) is 4.53. The fraction of sp³-hybridized carbons (Fsp3) is 0.625. The topological polar surface area (TPSA) is 12.0 Å². The van der Waals surface area contributed by atoms with Gasteiger partial charge in [-0.05, 0) is 55.2 Å². The minimum atomic E-state index is 0.399. The summed E-state index contributed by atoms with van der Waals surface area (Å²) < 4.78 is 0. The van der Waals surface area contributed by atoms with E-state index in [0.29, 0.717) is 5.41 Å². The molecule has 1 saturated carbocycles. The first-order valence-electron chi connectivity index (χ1n) is 7.15. The summed E-state index contributed by atoms with van der Waals surface area (Å²) in [7, 11) is 0. The molecule has 0 bridgehead atoms. The van der Waals surface area contributed by atoms with Crippen molar-refractivity contribution in [1.29, 1.82) is 0 Å². The van der Waals surface area contributed by atoms with Crippen LogP contribution in [0.5, 0.6) is 0 Å². The average molecular weight is 266 g/mol. The Bertz CT molecular complexity index is 363. The summed E-state index contributed by atoms with van der Waals surface area (Å²) in [5.41, 5.74) is 1.80. The third-order valence-corrected chi connectivity index (χ3v) is 4.59. The molecule has 1 nitrogen and oxygen atoms in total. The van der Waals surface area contributed by atoms with Gasteiger partial charge < -0.3 is 5.32 Å². The third-order valence-electron chi connectivity index (χ3n) is 4.34. The molecule has 0 spiro atoms. The van der Waals surface area contributed by atoms with Gasteiger partial charge in [0, 0.05) is 17.6 Å². The molecule has 0 aliphatic heterocycles. The van der Waals surface area contributed by atoms with Crippen molar-refractivity contribution in [2.24, 2.45) is 5.41 Å². The Morgan fingerprint density at radius 2 is 1.78 bits per heavy atom. The average Bonchev–Trinajstić information content (AvgIpc) is 3.21. The highest BCUT2D eigenvalue weighted by molar-refractivity contribution is 6.30. The van der Waals surface area contributed by atoms with Crippen LogP contribution in [0.15, 0.2) is 24.3 Å². The van der Waals surface area contributed by atoms with Gasteiger partial charge >= 0.3 is 0 Å². The molecule has 1 aliphatic rings. The number of hydrogen-bond acceptors (Lipinski definition) is 1. The van der Waals surface area contributed by atoms with E-state index < -0.39 is 0 Å². The highest BCUT2D eigenvalue weighted by Gasteiger charge is 2.29. The second kappa shape index (κ2) is 6.08. The van der Waals surface area contributed by atoms with E-state index in [0.717, 1.165) is 24.0 Å². The zero-order chi connectivity index (χ0) is 13.0. The molecule has 0 atom stereocenters. The lowest BCUT2D eigenvalue weighted by molar-refractivity contribution is 0.245. The molecule has 0 heterocycles. The van der Waals surface area contributed by atoms with Crippen molar-refractivity contribution in [3.63, 3.8) is 0 Å². The van der Waals surface area contributed by atoms with Gasteiger partial charge in [0.05, 0.1) is 0 Å². The first kappa shape index (κ1) is 13.9. The minimum absolute atomic E-state index is 0.399. The Balaban J connectivity index is 2.00. The fourth-order valence-electron chi connectivity index (χ4n) is 2.50. The highest BCUT2D eigenvalue weighted by atomic mass is 35.5. The SMILES string of the molecule is CCC(CC)(CNC1CC1)Cc1ccc(Cl)cc1. The van der Waals surface area contributed by atoms with Gasteiger partial charge in [-0.25, -0.2) is 0 Å². The lowest BCUT2D eigenvalue weighted by Crippen LogP contribution is -2.36. The van der Waals surface area contributed by atoms with Gasteiger partial charge in [-0.1, -0.05) is 37.6 Å². The van der Waals surface area contributed by atoms with E-state index in [1.807, 2.05) is 12.1 Å². The molecule has 18 heavy (non-hydrogen) atoms. The standard InChI is InChI=1S/C16H24ClN/c1-3-16(4-2,12-18-15-9-10-15)11-13-5-7-14(17)8-6-13/h5-8,15,18H,3-4,9-12H2,1-2H3. The van der Waals surface area contributed by atoms with E-state index in [2.05, 4.69) is 31.3 Å². The van der Waals surface area contributed by atoms with Gasteiger partial charge in [0.25, 0.3) is 0 Å². The summed E-state index contributed by atoms with van der Waals surface area (Å²) in [6, 6.07) is 9.13. The summed E-state index contributed by atoms with van der Waals surface area (Å²) in [5.74, 6) is 0. The molecule has 0 saturated heterocycles. The van der Waals surface area contributed by atoms with Gasteiger partial charge in [0.2, 0.25) is 0 Å². The van der Waals surface area contributed by atoms with Crippen LogP contribution in [0.2, 0.25) is 5.02 Å². The lowest BCUT2D eigenvalue weighted by atomic mass is 9.77. The van der Waals surface area contributed by atoms with Crippen LogP contribution in [0.4, 0.5) is 0 Å². The molecule has 0 unspecified atom stereocenters. The zero-order valence-corrected chi connectivity index (χ0v) is 12.3. The van der Waals surface area contributed by atoms with Crippen LogP contribution in [0, 0.1) is 5.41 Å². The number of nitrogens with one attached hydrogen (secondary N) is 1. The van der Waals surface area contributed by atoms with E-state index in [1.54, 1.807) is 0 Å². The molecule has 1 N–H and O–H groups in total. The molecule has 1 aromatic carbocycles. The van der Waals surface area contributed by atoms with E-state index in [1.165, 1.54) is 31.2 Å². The number of benzene rings is 1. The first-order valence-corrected chi connectivity index (χ1v) is 7.53. The van der Waals surface area contributed by atoms with Crippen LogP contribution in [-0.4, -0.2) is 12.6 Å². The molecule has 1 aromatic rings. The first-order chi connectivity index (χ1) is 8.67. The van der Waals surface area contributed by atoms with Gasteiger partial charge in [-0.2, -0.15) is 0 Å². The van der Waals surface area contributed by atoms with Crippen LogP contribution in [0.25, 0.3) is 0 Å². The van der Waals surface area contributed by atoms with Crippen molar-refractivity contribution in [2.45, 2.75) is 52.0 Å². The van der Waals surface area contributed by atoms with Crippen molar-refractivity contribution in [3.8, 4) is 0 Å². The Labute approximate surface area is 116 Å². The predicted octanol–water partition coefficient (Wildman–Crippen LogP) is 4.44. The number of rotatable bonds is 7. The minimum Gasteiger partial charge on any atom is -0.313 e. The summed E-state index contributed by atoms with van der Waals surface area (Å²) in [4.78, 5) is 0. The molecule has 1 aliphatic carbocycles. The Morgan fingerprint density at radius 3 is 2.28 bits per heavy atom. The summed E-state index contributed by atoms with van der Waals surface area (Å²) in [6.45, 7) is 5.77. The quantitative estimate of drug-likeness (QED) is 0.769. The largest absolute Gasteiger partial charge is 0.313 e. The zero-order valence-electron chi connectivity index (χ0n) is 11.5. The molecule has 0 radical (unpaired) electrons. The molecule has 2 heteroatoms. The van der Waals surface area contributed by atoms with Gasteiger partial charge in [0.15, 0.2) is 0 Å². The highest BCUT2D eigenvalue weighted by Crippen LogP contribution is 2.32. The molecule has 100 valence electrons. The molecule has 0 aromatic heterocycles. The number of halogens is 1. The van der Waals surface area contributed by atoms with Crippen molar-refractivity contribution in [1.82, 2.24) is 5.32 Å². The normalized spacial score (nSPS) is 15.9. The second-order valence-electron chi connectivity index (χ2n) is 5.67. The van der Waals surface area contributed by atoms with Crippen molar-refractivity contribution >= 4 is 11.6 Å². The molecular weight excluding hydrogens is 242 g/mol. The lowest BCUT2D eigenvalue weighted by Gasteiger charge is -2.32. The fourth-order valence-corrected chi connectivity index (χ4v) is 2.62. The van der Waals surface area contributed by atoms with Crippen molar-refractivity contribution in [2.75, 3.05) is 6.54 Å². The third kappa shape index (κ3) is 3.73. The van der Waals surface area contributed by atoms with Gasteiger partial charge in [0.1, 0.15) is 0 Å². The van der Waals surface area contributed by atoms with Crippen LogP contribution >= 0.6 is 11.6 Å². The second-order valence-corrected chi connectivity index (χ2v) is 6.10. The maximum atomic E-state index is 5.95. The summed E-state index contributed by atoms with van der Waals surface area (Å²) >= 11 is 5.95. The van der Waals surface area contributed by atoms with Gasteiger partial charge in [-0.15, -0.1) is 0 Å². The van der Waals surface area contributed by atoms with Crippen molar-refractivity contribution in [3.05, 3.63) is 34.9 Å². The van der Waals surface area contributed by atoms with Crippen molar-refractivity contribution < 1.29 is 0 Å². The monoisotopic (exact) mass is 265 g/mol. The Hall–Kier alpha value is -0.530. The summed E-state index contributed by atoms with van der Waals surface area (Å²) in [6.07, 6.45) is 6.34. The Kier molecular flexibility index (Phi) is 4.69. The maximum Gasteiger partial charge on any atom is 0.0406 e. The van der Waals surface area contributed by atoms with Crippen LogP contribution < -0.4 is 5.32 Å². The molecule has 2 rings (SSSR count). The Morgan fingerprint density at radius 1 is 1.17 bits per heavy atom. The van der Waals surface area contributed by atoms with E-state index in [-0.39, 0.29) is 0 Å². The van der Waals surface area contributed by atoms with E-state index in [9.17, 15) is 0 Å². The van der Waals surface area contributed by atoms with Gasteiger partial charge in [-0.3, -0.25) is 0 Å². The van der Waals surface area contributed by atoms with E-state index in [4.69, 9.17) is 11.6 Å².